The normalized spacial score (nSPS) is 18.7. The van der Waals surface area contributed by atoms with Crippen LogP contribution in [0.1, 0.15) is 25.3 Å². The molecule has 2 heterocycles. The fourth-order valence-electron chi connectivity index (χ4n) is 4.43. The van der Waals surface area contributed by atoms with Crippen molar-refractivity contribution in [3.63, 3.8) is 0 Å². The third-order valence-electron chi connectivity index (χ3n) is 6.17. The van der Waals surface area contributed by atoms with Crippen molar-refractivity contribution < 1.29 is 9.69 Å². The molecule has 2 fully saturated rings. The number of anilines is 2. The highest BCUT2D eigenvalue weighted by Crippen LogP contribution is 2.22. The van der Waals surface area contributed by atoms with Gasteiger partial charge in [-0.1, -0.05) is 30.3 Å². The van der Waals surface area contributed by atoms with Crippen LogP contribution >= 0.6 is 0 Å². The van der Waals surface area contributed by atoms with Crippen LogP contribution in [0.15, 0.2) is 54.6 Å². The Morgan fingerprint density at radius 3 is 2.28 bits per heavy atom. The van der Waals surface area contributed by atoms with Crippen LogP contribution in [0.4, 0.5) is 11.4 Å². The van der Waals surface area contributed by atoms with Crippen LogP contribution in [0.2, 0.25) is 0 Å². The Labute approximate surface area is 174 Å². The van der Waals surface area contributed by atoms with Crippen molar-refractivity contribution in [3.8, 4) is 0 Å². The first-order valence-corrected chi connectivity index (χ1v) is 11.0. The molecular formula is C24H33N4O+. The maximum atomic E-state index is 12.9. The van der Waals surface area contributed by atoms with Gasteiger partial charge in [0.2, 0.25) is 5.91 Å². The average Bonchev–Trinajstić information content (AvgIpc) is 3.30. The maximum absolute atomic E-state index is 12.9. The molecule has 0 bridgehead atoms. The van der Waals surface area contributed by atoms with Crippen LogP contribution in [-0.4, -0.2) is 56.1 Å². The molecule has 1 amide bonds. The average molecular weight is 394 g/mol. The zero-order valence-electron chi connectivity index (χ0n) is 17.4. The van der Waals surface area contributed by atoms with Crippen LogP contribution < -0.4 is 15.1 Å². The largest absolute Gasteiger partial charge is 0.374 e. The van der Waals surface area contributed by atoms with E-state index in [2.05, 4.69) is 64.8 Å². The lowest BCUT2D eigenvalue weighted by atomic mass is 10.2. The third-order valence-corrected chi connectivity index (χ3v) is 6.17. The lowest BCUT2D eigenvalue weighted by Crippen LogP contribution is -3.13. The molecule has 0 saturated carbocycles. The number of nitrogens with zero attached hydrogens (tertiary/aromatic N) is 2. The number of hydrogen-bond acceptors (Lipinski definition) is 3. The second-order valence-electron chi connectivity index (χ2n) is 8.34. The van der Waals surface area contributed by atoms with E-state index in [1.165, 1.54) is 24.1 Å². The minimum absolute atomic E-state index is 0.201. The number of hydrogen-bond donors (Lipinski definition) is 2. The molecule has 29 heavy (non-hydrogen) atoms. The molecule has 1 atom stereocenters. The number of benzene rings is 2. The molecule has 5 nitrogen and oxygen atoms in total. The summed E-state index contributed by atoms with van der Waals surface area (Å²) in [5, 5.41) is 3.39. The molecule has 4 rings (SSSR count). The zero-order valence-corrected chi connectivity index (χ0v) is 17.4. The lowest BCUT2D eigenvalue weighted by Gasteiger charge is -2.34. The van der Waals surface area contributed by atoms with E-state index >= 15 is 0 Å². The molecule has 2 N–H and O–H groups in total. The van der Waals surface area contributed by atoms with Crippen LogP contribution in [0.3, 0.4) is 0 Å². The smallest absolute Gasteiger partial charge is 0.245 e. The highest BCUT2D eigenvalue weighted by molar-refractivity contribution is 5.84. The van der Waals surface area contributed by atoms with E-state index < -0.39 is 0 Å². The summed E-state index contributed by atoms with van der Waals surface area (Å²) in [5.74, 6) is 0.201. The number of rotatable bonds is 6. The first-order chi connectivity index (χ1) is 14.2. The highest BCUT2D eigenvalue weighted by Gasteiger charge is 2.27. The van der Waals surface area contributed by atoms with Crippen molar-refractivity contribution in [2.24, 2.45) is 0 Å². The molecule has 0 aliphatic carbocycles. The topological polar surface area (TPSA) is 40.0 Å². The second kappa shape index (κ2) is 9.31. The lowest BCUT2D eigenvalue weighted by molar-refractivity contribution is -0.917. The van der Waals surface area contributed by atoms with Crippen LogP contribution in [-0.2, 0) is 11.3 Å². The Hall–Kier alpha value is -2.53. The standard InChI is InChI=1S/C24H32N4O/c1-20(25-22-9-11-23(12-10-22)27-13-5-6-14-27)24(29)28-17-15-26(16-18-28)19-21-7-3-2-4-8-21/h2-4,7-12,20,25H,5-6,13-19H2,1H3/p+1/t20-/m0/s1. The first-order valence-electron chi connectivity index (χ1n) is 11.0. The summed E-state index contributed by atoms with van der Waals surface area (Å²) in [6.45, 7) is 9.01. The molecule has 154 valence electrons. The van der Waals surface area contributed by atoms with E-state index in [0.717, 1.165) is 51.5 Å². The van der Waals surface area contributed by atoms with E-state index in [1.807, 2.05) is 11.8 Å². The molecular weight excluding hydrogens is 360 g/mol. The summed E-state index contributed by atoms with van der Waals surface area (Å²) in [4.78, 5) is 18.9. The van der Waals surface area contributed by atoms with Crippen molar-refractivity contribution in [1.82, 2.24) is 4.90 Å². The summed E-state index contributed by atoms with van der Waals surface area (Å²) >= 11 is 0. The minimum atomic E-state index is -0.205. The first kappa shape index (κ1) is 19.8. The number of carbonyl (C=O) groups is 1. The van der Waals surface area contributed by atoms with Crippen molar-refractivity contribution in [1.29, 1.82) is 0 Å². The number of amides is 1. The molecule has 0 unspecified atom stereocenters. The van der Waals surface area contributed by atoms with Gasteiger partial charge in [-0.3, -0.25) is 4.79 Å². The van der Waals surface area contributed by atoms with E-state index in [4.69, 9.17) is 0 Å². The fraction of sp³-hybridized carbons (Fsp3) is 0.458. The van der Waals surface area contributed by atoms with Gasteiger partial charge in [0, 0.05) is 30.0 Å². The Kier molecular flexibility index (Phi) is 6.35. The van der Waals surface area contributed by atoms with Gasteiger partial charge in [0.05, 0.1) is 26.2 Å². The van der Waals surface area contributed by atoms with Crippen molar-refractivity contribution in [2.75, 3.05) is 49.5 Å². The number of carbonyl (C=O) groups excluding carboxylic acids is 1. The Morgan fingerprint density at radius 2 is 1.62 bits per heavy atom. The molecule has 0 radical (unpaired) electrons. The Bertz CT molecular complexity index is 778. The number of quaternary nitrogens is 1. The molecule has 2 aromatic rings. The van der Waals surface area contributed by atoms with Crippen molar-refractivity contribution in [3.05, 3.63) is 60.2 Å². The molecule has 2 aliphatic heterocycles. The SMILES string of the molecule is C[C@H](Nc1ccc(N2CCCC2)cc1)C(=O)N1CC[NH+](Cc2ccccc2)CC1. The van der Waals surface area contributed by atoms with Crippen LogP contribution in [0.5, 0.6) is 0 Å². The van der Waals surface area contributed by atoms with Gasteiger partial charge in [-0.25, -0.2) is 0 Å². The molecule has 2 aromatic carbocycles. The van der Waals surface area contributed by atoms with E-state index in [1.54, 1.807) is 4.90 Å². The van der Waals surface area contributed by atoms with Crippen molar-refractivity contribution >= 4 is 17.3 Å². The number of nitrogens with one attached hydrogen (secondary N) is 2. The quantitative estimate of drug-likeness (QED) is 0.789. The summed E-state index contributed by atoms with van der Waals surface area (Å²) < 4.78 is 0. The van der Waals surface area contributed by atoms with Crippen LogP contribution in [0, 0.1) is 0 Å². The molecule has 0 aromatic heterocycles. The monoisotopic (exact) mass is 393 g/mol. The van der Waals surface area contributed by atoms with E-state index in [0.29, 0.717) is 0 Å². The molecule has 0 spiro atoms. The van der Waals surface area contributed by atoms with Gasteiger partial charge in [-0.2, -0.15) is 0 Å². The van der Waals surface area contributed by atoms with Gasteiger partial charge >= 0.3 is 0 Å². The molecule has 5 heteroatoms. The Morgan fingerprint density at radius 1 is 0.966 bits per heavy atom. The Balaban J connectivity index is 1.25. The summed E-state index contributed by atoms with van der Waals surface area (Å²) in [7, 11) is 0. The summed E-state index contributed by atoms with van der Waals surface area (Å²) in [6, 6.07) is 18.9. The summed E-state index contributed by atoms with van der Waals surface area (Å²) in [6.07, 6.45) is 2.57. The molecule has 2 saturated heterocycles. The van der Waals surface area contributed by atoms with Gasteiger partial charge in [-0.15, -0.1) is 0 Å². The van der Waals surface area contributed by atoms with Gasteiger partial charge in [0.1, 0.15) is 12.6 Å². The van der Waals surface area contributed by atoms with Gasteiger partial charge in [0.15, 0.2) is 0 Å². The molecule has 2 aliphatic rings. The van der Waals surface area contributed by atoms with Gasteiger partial charge < -0.3 is 20.0 Å². The predicted octanol–water partition coefficient (Wildman–Crippen LogP) is 2.01. The van der Waals surface area contributed by atoms with Crippen molar-refractivity contribution in [2.45, 2.75) is 32.4 Å². The van der Waals surface area contributed by atoms with E-state index in [-0.39, 0.29) is 11.9 Å². The third kappa shape index (κ3) is 5.10. The zero-order chi connectivity index (χ0) is 20.1. The fourth-order valence-corrected chi connectivity index (χ4v) is 4.43. The predicted molar refractivity (Wildman–Crippen MR) is 118 cm³/mol. The van der Waals surface area contributed by atoms with Gasteiger partial charge in [0.25, 0.3) is 0 Å². The highest BCUT2D eigenvalue weighted by atomic mass is 16.2. The van der Waals surface area contributed by atoms with Crippen LogP contribution in [0.25, 0.3) is 0 Å². The maximum Gasteiger partial charge on any atom is 0.245 e. The minimum Gasteiger partial charge on any atom is -0.374 e. The second-order valence-corrected chi connectivity index (χ2v) is 8.34. The summed E-state index contributed by atoms with van der Waals surface area (Å²) in [5.41, 5.74) is 3.67. The number of piperazine rings is 1. The van der Waals surface area contributed by atoms with E-state index in [9.17, 15) is 4.79 Å². The van der Waals surface area contributed by atoms with Gasteiger partial charge in [-0.05, 0) is 44.0 Å².